The van der Waals surface area contributed by atoms with Gasteiger partial charge in [0.05, 0.1) is 12.7 Å². The SMILES string of the molecule is COC(=O)c1ccc(NCc2ccccc2)nc1Cl. The third kappa shape index (κ3) is 3.45. The van der Waals surface area contributed by atoms with Crippen LogP contribution >= 0.6 is 11.6 Å². The zero-order valence-corrected chi connectivity index (χ0v) is 11.1. The molecule has 19 heavy (non-hydrogen) atoms. The molecule has 0 amide bonds. The van der Waals surface area contributed by atoms with Crippen molar-refractivity contribution in [3.8, 4) is 0 Å². The third-order valence-electron chi connectivity index (χ3n) is 2.57. The molecule has 0 unspecified atom stereocenters. The summed E-state index contributed by atoms with van der Waals surface area (Å²) in [4.78, 5) is 15.5. The molecule has 4 nitrogen and oxygen atoms in total. The first-order valence-electron chi connectivity index (χ1n) is 5.73. The summed E-state index contributed by atoms with van der Waals surface area (Å²) in [7, 11) is 1.31. The molecule has 1 aromatic carbocycles. The van der Waals surface area contributed by atoms with Crippen LogP contribution in [0.1, 0.15) is 15.9 Å². The minimum atomic E-state index is -0.493. The number of nitrogens with zero attached hydrogens (tertiary/aromatic N) is 1. The van der Waals surface area contributed by atoms with Gasteiger partial charge in [-0.05, 0) is 17.7 Å². The minimum absolute atomic E-state index is 0.130. The number of pyridine rings is 1. The van der Waals surface area contributed by atoms with Crippen LogP contribution in [0.25, 0.3) is 0 Å². The van der Waals surface area contributed by atoms with Crippen molar-refractivity contribution in [2.75, 3.05) is 12.4 Å². The molecule has 0 fully saturated rings. The van der Waals surface area contributed by atoms with E-state index in [1.54, 1.807) is 12.1 Å². The molecule has 0 spiro atoms. The van der Waals surface area contributed by atoms with Crippen LogP contribution in [0.4, 0.5) is 5.82 Å². The Morgan fingerprint density at radius 1 is 1.26 bits per heavy atom. The summed E-state index contributed by atoms with van der Waals surface area (Å²) >= 11 is 5.93. The average molecular weight is 277 g/mol. The number of carbonyl (C=O) groups is 1. The smallest absolute Gasteiger partial charge is 0.341 e. The number of aromatic nitrogens is 1. The Bertz CT molecular complexity index is 573. The molecule has 1 N–H and O–H groups in total. The van der Waals surface area contributed by atoms with Gasteiger partial charge in [-0.1, -0.05) is 41.9 Å². The summed E-state index contributed by atoms with van der Waals surface area (Å²) < 4.78 is 4.60. The summed E-state index contributed by atoms with van der Waals surface area (Å²) in [5, 5.41) is 3.27. The van der Waals surface area contributed by atoms with Gasteiger partial charge in [0, 0.05) is 6.54 Å². The summed E-state index contributed by atoms with van der Waals surface area (Å²) in [6.07, 6.45) is 0. The number of anilines is 1. The van der Waals surface area contributed by atoms with Crippen molar-refractivity contribution < 1.29 is 9.53 Å². The zero-order valence-electron chi connectivity index (χ0n) is 10.4. The molecule has 0 bridgehead atoms. The largest absolute Gasteiger partial charge is 0.465 e. The highest BCUT2D eigenvalue weighted by Gasteiger charge is 2.12. The molecule has 0 aliphatic heterocycles. The van der Waals surface area contributed by atoms with Crippen LogP contribution in [-0.4, -0.2) is 18.1 Å². The Morgan fingerprint density at radius 2 is 2.00 bits per heavy atom. The van der Waals surface area contributed by atoms with Gasteiger partial charge in [0.1, 0.15) is 11.0 Å². The van der Waals surface area contributed by atoms with Crippen LogP contribution in [0, 0.1) is 0 Å². The fourth-order valence-electron chi connectivity index (χ4n) is 1.58. The maximum absolute atomic E-state index is 11.4. The van der Waals surface area contributed by atoms with E-state index in [-0.39, 0.29) is 10.7 Å². The van der Waals surface area contributed by atoms with Gasteiger partial charge < -0.3 is 10.1 Å². The number of rotatable bonds is 4. The van der Waals surface area contributed by atoms with Gasteiger partial charge in [0.2, 0.25) is 0 Å². The molecule has 98 valence electrons. The molecular formula is C14H13ClN2O2. The molecule has 0 atom stereocenters. The van der Waals surface area contributed by atoms with Crippen LogP contribution in [0.2, 0.25) is 5.15 Å². The zero-order chi connectivity index (χ0) is 13.7. The average Bonchev–Trinajstić information content (AvgIpc) is 2.45. The Balaban J connectivity index is 2.06. The lowest BCUT2D eigenvalue weighted by atomic mass is 10.2. The van der Waals surface area contributed by atoms with Gasteiger partial charge in [-0.3, -0.25) is 0 Å². The van der Waals surface area contributed by atoms with Gasteiger partial charge in [0.25, 0.3) is 0 Å². The van der Waals surface area contributed by atoms with Gasteiger partial charge in [-0.2, -0.15) is 0 Å². The summed E-state index contributed by atoms with van der Waals surface area (Å²) in [6.45, 7) is 0.641. The topological polar surface area (TPSA) is 51.2 Å². The highest BCUT2D eigenvalue weighted by Crippen LogP contribution is 2.17. The van der Waals surface area contributed by atoms with Gasteiger partial charge in [-0.25, -0.2) is 9.78 Å². The fraction of sp³-hybridized carbons (Fsp3) is 0.143. The second-order valence-electron chi connectivity index (χ2n) is 3.87. The Kier molecular flexibility index (Phi) is 4.36. The predicted octanol–water partition coefficient (Wildman–Crippen LogP) is 3.13. The highest BCUT2D eigenvalue weighted by molar-refractivity contribution is 6.32. The van der Waals surface area contributed by atoms with E-state index in [0.29, 0.717) is 12.4 Å². The van der Waals surface area contributed by atoms with E-state index in [1.165, 1.54) is 7.11 Å². The van der Waals surface area contributed by atoms with Crippen LogP contribution in [0.5, 0.6) is 0 Å². The van der Waals surface area contributed by atoms with E-state index in [0.717, 1.165) is 5.56 Å². The fourth-order valence-corrected chi connectivity index (χ4v) is 1.81. The summed E-state index contributed by atoms with van der Waals surface area (Å²) in [5.74, 6) is 0.119. The van der Waals surface area contributed by atoms with Crippen molar-refractivity contribution in [3.05, 3.63) is 58.7 Å². The number of methoxy groups -OCH3 is 1. The third-order valence-corrected chi connectivity index (χ3v) is 2.86. The van der Waals surface area contributed by atoms with Crippen LogP contribution in [0.15, 0.2) is 42.5 Å². The molecule has 1 aromatic heterocycles. The van der Waals surface area contributed by atoms with E-state index in [1.807, 2.05) is 30.3 Å². The first kappa shape index (κ1) is 13.4. The van der Waals surface area contributed by atoms with Crippen molar-refractivity contribution in [1.29, 1.82) is 0 Å². The highest BCUT2D eigenvalue weighted by atomic mass is 35.5. The van der Waals surface area contributed by atoms with Gasteiger partial charge in [0.15, 0.2) is 0 Å². The van der Waals surface area contributed by atoms with Gasteiger partial charge in [-0.15, -0.1) is 0 Å². The number of halogens is 1. The van der Waals surface area contributed by atoms with Gasteiger partial charge >= 0.3 is 5.97 Å². The molecule has 2 rings (SSSR count). The number of benzene rings is 1. The minimum Gasteiger partial charge on any atom is -0.465 e. The molecule has 0 aliphatic rings. The monoisotopic (exact) mass is 276 g/mol. The lowest BCUT2D eigenvalue weighted by molar-refractivity contribution is 0.0600. The van der Waals surface area contributed by atoms with Crippen molar-refractivity contribution in [1.82, 2.24) is 4.98 Å². The number of carbonyl (C=O) groups excluding carboxylic acids is 1. The number of ether oxygens (including phenoxy) is 1. The summed E-state index contributed by atoms with van der Waals surface area (Å²) in [6, 6.07) is 13.2. The number of hydrogen-bond acceptors (Lipinski definition) is 4. The lowest BCUT2D eigenvalue weighted by Crippen LogP contribution is -2.06. The molecule has 0 saturated carbocycles. The molecule has 0 radical (unpaired) electrons. The first-order valence-corrected chi connectivity index (χ1v) is 6.11. The quantitative estimate of drug-likeness (QED) is 0.688. The number of esters is 1. The molecule has 1 heterocycles. The normalized spacial score (nSPS) is 10.0. The van der Waals surface area contributed by atoms with Crippen LogP contribution in [0.3, 0.4) is 0 Å². The second kappa shape index (κ2) is 6.20. The molecule has 0 aliphatic carbocycles. The van der Waals surface area contributed by atoms with Crippen molar-refractivity contribution in [2.45, 2.75) is 6.54 Å². The lowest BCUT2D eigenvalue weighted by Gasteiger charge is -2.07. The maximum Gasteiger partial charge on any atom is 0.341 e. The Labute approximate surface area is 116 Å². The molecule has 5 heteroatoms. The van der Waals surface area contributed by atoms with Crippen LogP contribution in [-0.2, 0) is 11.3 Å². The van der Waals surface area contributed by atoms with Crippen molar-refractivity contribution in [2.24, 2.45) is 0 Å². The van der Waals surface area contributed by atoms with Crippen molar-refractivity contribution >= 4 is 23.4 Å². The Morgan fingerprint density at radius 3 is 2.63 bits per heavy atom. The Hall–Kier alpha value is -2.07. The van der Waals surface area contributed by atoms with Crippen molar-refractivity contribution in [3.63, 3.8) is 0 Å². The van der Waals surface area contributed by atoms with E-state index in [2.05, 4.69) is 15.0 Å². The maximum atomic E-state index is 11.4. The second-order valence-corrected chi connectivity index (χ2v) is 4.22. The molecular weight excluding hydrogens is 264 g/mol. The van der Waals surface area contributed by atoms with E-state index in [4.69, 9.17) is 11.6 Å². The molecule has 0 saturated heterocycles. The number of nitrogens with one attached hydrogen (secondary N) is 1. The standard InChI is InChI=1S/C14H13ClN2O2/c1-19-14(18)11-7-8-12(17-13(11)15)16-9-10-5-3-2-4-6-10/h2-8H,9H2,1H3,(H,16,17). The first-order chi connectivity index (χ1) is 9.20. The van der Waals surface area contributed by atoms with E-state index in [9.17, 15) is 4.79 Å². The molecule has 2 aromatic rings. The summed E-state index contributed by atoms with van der Waals surface area (Å²) in [5.41, 5.74) is 1.40. The van der Waals surface area contributed by atoms with E-state index >= 15 is 0 Å². The van der Waals surface area contributed by atoms with Crippen LogP contribution < -0.4 is 5.32 Å². The predicted molar refractivity (Wildman–Crippen MR) is 74.4 cm³/mol. The van der Waals surface area contributed by atoms with E-state index < -0.39 is 5.97 Å². The number of hydrogen-bond donors (Lipinski definition) is 1.